The van der Waals surface area contributed by atoms with Crippen LogP contribution in [0.2, 0.25) is 0 Å². The summed E-state index contributed by atoms with van der Waals surface area (Å²) in [4.78, 5) is 0. The maximum Gasteiger partial charge on any atom is 0.146 e. The minimum Gasteiger partial charge on any atom is -0.359 e. The van der Waals surface area contributed by atoms with Crippen LogP contribution in [0, 0.1) is 63.6 Å². The van der Waals surface area contributed by atoms with Gasteiger partial charge >= 0.3 is 0 Å². The molecule has 0 unspecified atom stereocenters. The first-order valence-electron chi connectivity index (χ1n) is 14.4. The predicted octanol–water partition coefficient (Wildman–Crippen LogP) is 6.81. The van der Waals surface area contributed by atoms with Crippen LogP contribution >= 0.6 is 0 Å². The monoisotopic (exact) mass is 489 g/mol. The summed E-state index contributed by atoms with van der Waals surface area (Å²) in [5, 5.41) is 9.19. The normalized spacial score (nSPS) is 45.7. The lowest BCUT2D eigenvalue weighted by Crippen LogP contribution is -2.63. The molecule has 4 fully saturated rings. The van der Waals surface area contributed by atoms with Gasteiger partial charge in [0.15, 0.2) is 0 Å². The van der Waals surface area contributed by atoms with Crippen molar-refractivity contribution in [2.75, 3.05) is 27.8 Å². The van der Waals surface area contributed by atoms with E-state index < -0.39 is 0 Å². The van der Waals surface area contributed by atoms with Crippen molar-refractivity contribution in [3.8, 4) is 6.07 Å². The second kappa shape index (κ2) is 11.4. The molecule has 200 valence electrons. The van der Waals surface area contributed by atoms with E-state index in [1.54, 1.807) is 14.2 Å². The fraction of sp³-hybridized carbons (Fsp3) is 0.967. The molecule has 35 heavy (non-hydrogen) atoms. The van der Waals surface area contributed by atoms with E-state index >= 15 is 0 Å². The Morgan fingerprint density at radius 3 is 2.29 bits per heavy atom. The van der Waals surface area contributed by atoms with Gasteiger partial charge in [-0.25, -0.2) is 0 Å². The Labute approximate surface area is 214 Å². The molecule has 4 aliphatic carbocycles. The van der Waals surface area contributed by atoms with Crippen molar-refractivity contribution < 1.29 is 18.9 Å². The van der Waals surface area contributed by atoms with Crippen LogP contribution < -0.4 is 0 Å². The summed E-state index contributed by atoms with van der Waals surface area (Å²) in [6.07, 6.45) is 12.3. The minimum atomic E-state index is 0.266. The summed E-state index contributed by atoms with van der Waals surface area (Å²) in [7, 11) is 3.48. The molecule has 0 heterocycles. The van der Waals surface area contributed by atoms with Crippen molar-refractivity contribution in [3.05, 3.63) is 0 Å². The molecule has 0 aliphatic heterocycles. The van der Waals surface area contributed by atoms with Crippen LogP contribution in [0.3, 0.4) is 0 Å². The smallest absolute Gasteiger partial charge is 0.146 e. The first kappa shape index (κ1) is 27.4. The average molecular weight is 490 g/mol. The van der Waals surface area contributed by atoms with Gasteiger partial charge in [-0.1, -0.05) is 34.1 Å². The number of hydrogen-bond acceptors (Lipinski definition) is 5. The van der Waals surface area contributed by atoms with E-state index in [9.17, 15) is 5.26 Å². The topological polar surface area (TPSA) is 60.7 Å². The van der Waals surface area contributed by atoms with Crippen molar-refractivity contribution in [1.82, 2.24) is 0 Å². The summed E-state index contributed by atoms with van der Waals surface area (Å²) in [6, 6.07) is 2.40. The van der Waals surface area contributed by atoms with Crippen molar-refractivity contribution in [3.63, 3.8) is 0 Å². The zero-order valence-electron chi connectivity index (χ0n) is 23.3. The second-order valence-corrected chi connectivity index (χ2v) is 12.9. The van der Waals surface area contributed by atoms with E-state index in [1.165, 1.54) is 32.1 Å². The van der Waals surface area contributed by atoms with Crippen LogP contribution in [0.5, 0.6) is 0 Å². The van der Waals surface area contributed by atoms with Gasteiger partial charge in [0.1, 0.15) is 13.6 Å². The fourth-order valence-corrected chi connectivity index (χ4v) is 10.1. The van der Waals surface area contributed by atoms with E-state index in [0.717, 1.165) is 31.6 Å². The number of hydrogen-bond donors (Lipinski definition) is 0. The lowest BCUT2D eigenvalue weighted by Gasteiger charge is -2.65. The van der Waals surface area contributed by atoms with Crippen LogP contribution in [0.15, 0.2) is 0 Å². The van der Waals surface area contributed by atoms with Gasteiger partial charge in [-0.05, 0) is 104 Å². The fourth-order valence-electron chi connectivity index (χ4n) is 10.1. The summed E-state index contributed by atoms with van der Waals surface area (Å²) < 4.78 is 23.6. The van der Waals surface area contributed by atoms with Crippen molar-refractivity contribution in [1.29, 1.82) is 5.26 Å². The zero-order valence-corrected chi connectivity index (χ0v) is 23.3. The van der Waals surface area contributed by atoms with Crippen LogP contribution in [0.4, 0.5) is 0 Å². The van der Waals surface area contributed by atoms with Crippen molar-refractivity contribution in [2.24, 2.45) is 52.3 Å². The van der Waals surface area contributed by atoms with Crippen LogP contribution in [0.1, 0.15) is 91.9 Å². The molecule has 5 nitrogen and oxygen atoms in total. The summed E-state index contributed by atoms with van der Waals surface area (Å²) >= 11 is 0. The lowest BCUT2D eigenvalue weighted by atomic mass is 9.41. The molecule has 4 saturated carbocycles. The van der Waals surface area contributed by atoms with Crippen LogP contribution in [-0.4, -0.2) is 40.0 Å². The molecule has 5 heteroatoms. The van der Waals surface area contributed by atoms with Crippen molar-refractivity contribution >= 4 is 0 Å². The zero-order chi connectivity index (χ0) is 25.2. The van der Waals surface area contributed by atoms with Gasteiger partial charge in [-0.3, -0.25) is 0 Å². The third kappa shape index (κ3) is 4.83. The lowest BCUT2D eigenvalue weighted by molar-refractivity contribution is -0.239. The van der Waals surface area contributed by atoms with Gasteiger partial charge in [-0.15, -0.1) is 0 Å². The van der Waals surface area contributed by atoms with Crippen molar-refractivity contribution in [2.45, 2.75) is 104 Å². The Kier molecular flexibility index (Phi) is 8.90. The molecular weight excluding hydrogens is 438 g/mol. The van der Waals surface area contributed by atoms with E-state index in [1.807, 2.05) is 0 Å². The molecular formula is C30H51NO4. The molecule has 0 N–H and O–H groups in total. The highest BCUT2D eigenvalue weighted by Crippen LogP contribution is 2.70. The molecule has 0 spiro atoms. The summed E-state index contributed by atoms with van der Waals surface area (Å²) in [5.74, 6) is 4.57. The van der Waals surface area contributed by atoms with Crippen LogP contribution in [-0.2, 0) is 18.9 Å². The third-order valence-corrected chi connectivity index (χ3v) is 11.6. The number of nitrogens with zero attached hydrogens (tertiary/aromatic N) is 1. The number of fused-ring (bicyclic) bond motifs is 5. The van der Waals surface area contributed by atoms with Gasteiger partial charge in [0.05, 0.1) is 18.3 Å². The number of methoxy groups -OCH3 is 2. The molecule has 4 rings (SSSR count). The Balaban J connectivity index is 1.65. The van der Waals surface area contributed by atoms with Gasteiger partial charge < -0.3 is 18.9 Å². The molecule has 0 amide bonds. The quantitative estimate of drug-likeness (QED) is 0.315. The van der Waals surface area contributed by atoms with E-state index in [2.05, 4.69) is 33.8 Å². The third-order valence-electron chi connectivity index (χ3n) is 11.6. The SMILES string of the molecule is CC[C@H]1[C@@H](OCOC)[C@@H]2[C@H](CC[C@]3(C)[C@@H]([C@H](C)CCC#N)CC[C@@H]23)[C@@]2(C)CC[C@@H](OCOC)C[C@@H]12. The maximum atomic E-state index is 9.19. The highest BCUT2D eigenvalue weighted by atomic mass is 16.7. The molecule has 0 aromatic rings. The second-order valence-electron chi connectivity index (χ2n) is 12.9. The first-order chi connectivity index (χ1) is 16.9. The number of ether oxygens (including phenoxy) is 4. The van der Waals surface area contributed by atoms with Crippen LogP contribution in [0.25, 0.3) is 0 Å². The number of nitriles is 1. The first-order valence-corrected chi connectivity index (χ1v) is 14.4. The molecule has 0 aromatic heterocycles. The average Bonchev–Trinajstić information content (AvgIpc) is 3.21. The molecule has 4 aliphatic rings. The van der Waals surface area contributed by atoms with E-state index in [0.29, 0.717) is 72.4 Å². The Bertz CT molecular complexity index is 738. The summed E-state index contributed by atoms with van der Waals surface area (Å²) in [6.45, 7) is 10.8. The Morgan fingerprint density at radius 2 is 1.60 bits per heavy atom. The van der Waals surface area contributed by atoms with Gasteiger partial charge in [0, 0.05) is 20.6 Å². The largest absolute Gasteiger partial charge is 0.359 e. The Morgan fingerprint density at radius 1 is 0.914 bits per heavy atom. The molecule has 0 aromatic carbocycles. The molecule has 0 radical (unpaired) electrons. The summed E-state index contributed by atoms with van der Waals surface area (Å²) in [5.41, 5.74) is 0.724. The predicted molar refractivity (Wildman–Crippen MR) is 137 cm³/mol. The highest BCUT2D eigenvalue weighted by Gasteiger charge is 2.65. The molecule has 0 bridgehead atoms. The Hall–Kier alpha value is -0.670. The molecule has 0 saturated heterocycles. The van der Waals surface area contributed by atoms with E-state index in [-0.39, 0.29) is 6.10 Å². The number of rotatable bonds is 10. The molecule has 11 atom stereocenters. The van der Waals surface area contributed by atoms with E-state index in [4.69, 9.17) is 18.9 Å². The van der Waals surface area contributed by atoms with Gasteiger partial charge in [-0.2, -0.15) is 5.26 Å². The van der Waals surface area contributed by atoms with Gasteiger partial charge in [0.25, 0.3) is 0 Å². The standard InChI is InChI=1S/C30H51NO4/c1-7-22-26-17-21(34-18-32-5)12-14-30(26,4)25-13-15-29(3)23(20(2)9-8-16-31)10-11-24(29)27(25)28(22)35-19-33-6/h20-28H,7-15,17-19H2,1-6H3/t20-,21-,22-,23-,24+,25+,26+,27+,28-,29-,30-/m1/s1. The minimum absolute atomic E-state index is 0.266. The maximum absolute atomic E-state index is 9.19. The highest BCUT2D eigenvalue weighted by molar-refractivity contribution is 5.14. The van der Waals surface area contributed by atoms with Gasteiger partial charge in [0.2, 0.25) is 0 Å².